The van der Waals surface area contributed by atoms with E-state index < -0.39 is 10.0 Å². The van der Waals surface area contributed by atoms with E-state index in [-0.39, 0.29) is 28.5 Å². The van der Waals surface area contributed by atoms with Gasteiger partial charge in [0.05, 0.1) is 7.11 Å². The maximum absolute atomic E-state index is 12.9. The number of ether oxygens (including phenoxy) is 1. The Kier molecular flexibility index (Phi) is 6.11. The van der Waals surface area contributed by atoms with Crippen LogP contribution in [0.25, 0.3) is 0 Å². The summed E-state index contributed by atoms with van der Waals surface area (Å²) >= 11 is 5.94. The Bertz CT molecular complexity index is 698. The number of sulfonamides is 1. The van der Waals surface area contributed by atoms with Crippen molar-refractivity contribution in [2.45, 2.75) is 37.6 Å². The molecule has 1 amide bonds. The molecule has 0 radical (unpaired) electrons. The molecule has 24 heavy (non-hydrogen) atoms. The first-order valence-electron chi connectivity index (χ1n) is 7.89. The molecular formula is C16H23ClN2O4S. The number of amides is 1. The van der Waals surface area contributed by atoms with Gasteiger partial charge in [-0.25, -0.2) is 8.42 Å². The first-order chi connectivity index (χ1) is 11.3. The molecule has 1 aliphatic heterocycles. The zero-order chi connectivity index (χ0) is 17.9. The van der Waals surface area contributed by atoms with Gasteiger partial charge < -0.3 is 10.1 Å². The van der Waals surface area contributed by atoms with Crippen molar-refractivity contribution in [3.63, 3.8) is 0 Å². The Hall–Kier alpha value is -1.31. The SMILES string of the molecule is COc1ccc(Cl)cc1S(=O)(=O)N1CCC(C(=O)NC(C)C)CC1. The van der Waals surface area contributed by atoms with E-state index in [1.165, 1.54) is 23.5 Å². The minimum absolute atomic E-state index is 0.0117. The smallest absolute Gasteiger partial charge is 0.246 e. The Labute approximate surface area is 148 Å². The Morgan fingerprint density at radius 1 is 1.33 bits per heavy atom. The third-order valence-corrected chi connectivity index (χ3v) is 6.15. The number of carbonyl (C=O) groups excluding carboxylic acids is 1. The number of benzene rings is 1. The van der Waals surface area contributed by atoms with Gasteiger partial charge in [0, 0.05) is 30.1 Å². The third kappa shape index (κ3) is 4.20. The topological polar surface area (TPSA) is 75.7 Å². The van der Waals surface area contributed by atoms with Gasteiger partial charge in [0.2, 0.25) is 15.9 Å². The summed E-state index contributed by atoms with van der Waals surface area (Å²) in [5.74, 6) is 0.0987. The summed E-state index contributed by atoms with van der Waals surface area (Å²) in [5.41, 5.74) is 0. The highest BCUT2D eigenvalue weighted by Gasteiger charge is 2.33. The largest absolute Gasteiger partial charge is 0.495 e. The van der Waals surface area contributed by atoms with Crippen molar-refractivity contribution in [2.75, 3.05) is 20.2 Å². The van der Waals surface area contributed by atoms with Gasteiger partial charge in [-0.15, -0.1) is 0 Å². The highest BCUT2D eigenvalue weighted by atomic mass is 35.5. The minimum atomic E-state index is -3.71. The van der Waals surface area contributed by atoms with E-state index in [1.54, 1.807) is 6.07 Å². The molecule has 1 fully saturated rings. The molecule has 1 aromatic carbocycles. The third-order valence-electron chi connectivity index (χ3n) is 4.00. The fourth-order valence-electron chi connectivity index (χ4n) is 2.75. The van der Waals surface area contributed by atoms with Crippen molar-refractivity contribution in [3.8, 4) is 5.75 Å². The van der Waals surface area contributed by atoms with E-state index in [4.69, 9.17) is 16.3 Å². The molecule has 8 heteroatoms. The number of carbonyl (C=O) groups is 1. The molecule has 2 rings (SSSR count). The highest BCUT2D eigenvalue weighted by Crippen LogP contribution is 2.31. The molecule has 1 aliphatic rings. The summed E-state index contributed by atoms with van der Waals surface area (Å²) in [4.78, 5) is 12.1. The summed E-state index contributed by atoms with van der Waals surface area (Å²) in [7, 11) is -2.29. The number of rotatable bonds is 5. The van der Waals surface area contributed by atoms with Crippen molar-refractivity contribution < 1.29 is 17.9 Å². The normalized spacial score (nSPS) is 17.0. The van der Waals surface area contributed by atoms with Crippen molar-refractivity contribution in [1.29, 1.82) is 0 Å². The average Bonchev–Trinajstić information content (AvgIpc) is 2.54. The van der Waals surface area contributed by atoms with Crippen LogP contribution in [0.3, 0.4) is 0 Å². The van der Waals surface area contributed by atoms with E-state index in [0.29, 0.717) is 31.0 Å². The summed E-state index contributed by atoms with van der Waals surface area (Å²) in [6.45, 7) is 4.41. The maximum Gasteiger partial charge on any atom is 0.246 e. The molecule has 134 valence electrons. The lowest BCUT2D eigenvalue weighted by Crippen LogP contribution is -2.44. The predicted octanol–water partition coefficient (Wildman–Crippen LogP) is 2.27. The van der Waals surface area contributed by atoms with Crippen molar-refractivity contribution >= 4 is 27.5 Å². The van der Waals surface area contributed by atoms with Gasteiger partial charge >= 0.3 is 0 Å². The first kappa shape index (κ1) is 19.0. The average molecular weight is 375 g/mol. The zero-order valence-electron chi connectivity index (χ0n) is 14.1. The van der Waals surface area contributed by atoms with Crippen LogP contribution in [0.1, 0.15) is 26.7 Å². The zero-order valence-corrected chi connectivity index (χ0v) is 15.7. The molecule has 0 unspecified atom stereocenters. The quantitative estimate of drug-likeness (QED) is 0.857. The monoisotopic (exact) mass is 374 g/mol. The second-order valence-corrected chi connectivity index (χ2v) is 8.48. The summed E-state index contributed by atoms with van der Waals surface area (Å²) in [6, 6.07) is 4.60. The molecule has 1 N–H and O–H groups in total. The Morgan fingerprint density at radius 2 is 1.96 bits per heavy atom. The summed E-state index contributed by atoms with van der Waals surface area (Å²) in [5, 5.41) is 3.21. The van der Waals surface area contributed by atoms with E-state index in [0.717, 1.165) is 0 Å². The first-order valence-corrected chi connectivity index (χ1v) is 9.71. The molecule has 1 heterocycles. The van der Waals surface area contributed by atoms with Gasteiger partial charge in [0.1, 0.15) is 10.6 Å². The Balaban J connectivity index is 2.13. The number of halogens is 1. The second-order valence-electron chi connectivity index (χ2n) is 6.14. The van der Waals surface area contributed by atoms with E-state index in [2.05, 4.69) is 5.32 Å². The molecule has 0 spiro atoms. The van der Waals surface area contributed by atoms with Crippen LogP contribution in [0.2, 0.25) is 5.02 Å². The van der Waals surface area contributed by atoms with Crippen LogP contribution in [0.15, 0.2) is 23.1 Å². The van der Waals surface area contributed by atoms with Crippen LogP contribution in [0, 0.1) is 5.92 Å². The Morgan fingerprint density at radius 3 is 2.50 bits per heavy atom. The standard InChI is InChI=1S/C16H23ClN2O4S/c1-11(2)18-16(20)12-6-8-19(9-7-12)24(21,22)15-10-13(17)4-5-14(15)23-3/h4-5,10-12H,6-9H2,1-3H3,(H,18,20). The summed E-state index contributed by atoms with van der Waals surface area (Å²) < 4.78 is 32.3. The van der Waals surface area contributed by atoms with Crippen LogP contribution < -0.4 is 10.1 Å². The number of hydrogen-bond acceptors (Lipinski definition) is 4. The fraction of sp³-hybridized carbons (Fsp3) is 0.562. The fourth-order valence-corrected chi connectivity index (χ4v) is 4.64. The van der Waals surface area contributed by atoms with Crippen molar-refractivity contribution in [1.82, 2.24) is 9.62 Å². The highest BCUT2D eigenvalue weighted by molar-refractivity contribution is 7.89. The number of nitrogens with one attached hydrogen (secondary N) is 1. The van der Waals surface area contributed by atoms with Crippen LogP contribution in [-0.2, 0) is 14.8 Å². The predicted molar refractivity (Wildman–Crippen MR) is 92.8 cm³/mol. The lowest BCUT2D eigenvalue weighted by Gasteiger charge is -2.31. The number of nitrogens with zero attached hydrogens (tertiary/aromatic N) is 1. The number of methoxy groups -OCH3 is 1. The van der Waals surface area contributed by atoms with Gasteiger partial charge in [0.25, 0.3) is 0 Å². The molecule has 6 nitrogen and oxygen atoms in total. The number of piperidine rings is 1. The van der Waals surface area contributed by atoms with Crippen molar-refractivity contribution in [3.05, 3.63) is 23.2 Å². The van der Waals surface area contributed by atoms with Crippen LogP contribution >= 0.6 is 11.6 Å². The van der Waals surface area contributed by atoms with Gasteiger partial charge in [-0.2, -0.15) is 4.31 Å². The molecule has 0 atom stereocenters. The van der Waals surface area contributed by atoms with Crippen LogP contribution in [0.5, 0.6) is 5.75 Å². The molecule has 1 aromatic rings. The van der Waals surface area contributed by atoms with Gasteiger partial charge in [-0.05, 0) is 44.9 Å². The van der Waals surface area contributed by atoms with Gasteiger partial charge in [-0.1, -0.05) is 11.6 Å². The summed E-state index contributed by atoms with van der Waals surface area (Å²) in [6.07, 6.45) is 1.00. The van der Waals surface area contributed by atoms with E-state index >= 15 is 0 Å². The molecule has 0 aromatic heterocycles. The molecular weight excluding hydrogens is 352 g/mol. The lowest BCUT2D eigenvalue weighted by molar-refractivity contribution is -0.126. The molecule has 0 aliphatic carbocycles. The van der Waals surface area contributed by atoms with Crippen LogP contribution in [-0.4, -0.2) is 44.9 Å². The van der Waals surface area contributed by atoms with Gasteiger partial charge in [0.15, 0.2) is 0 Å². The van der Waals surface area contributed by atoms with E-state index in [9.17, 15) is 13.2 Å². The van der Waals surface area contributed by atoms with E-state index in [1.807, 2.05) is 13.8 Å². The van der Waals surface area contributed by atoms with Gasteiger partial charge in [-0.3, -0.25) is 4.79 Å². The minimum Gasteiger partial charge on any atom is -0.495 e. The maximum atomic E-state index is 12.9. The molecule has 0 saturated carbocycles. The molecule has 1 saturated heterocycles. The number of hydrogen-bond donors (Lipinski definition) is 1. The lowest BCUT2D eigenvalue weighted by atomic mass is 9.97. The molecule has 0 bridgehead atoms. The van der Waals surface area contributed by atoms with Crippen LogP contribution in [0.4, 0.5) is 0 Å². The van der Waals surface area contributed by atoms with Crippen molar-refractivity contribution in [2.24, 2.45) is 5.92 Å². The second kappa shape index (κ2) is 7.72.